The standard InChI is InChI=1S/C34H62N6O8/c1-7-9-10-11-12-13-14-15-17-28-23(5)34(47)40(6)27(18-22(3)4)33(46)37-24(16-8-2)31(44)39-26(21-41)32(45)38-25(19-35)30(43)36-20-29(42)48-28/h22-28,41H,7-21,35H2,1-6H3,(H,36,43)(H,37,46)(H,38,45)(H,39,44)/t23-,24+,25+,26+,27+,28-/m1/s1. The molecular formula is C34H62N6O8. The highest BCUT2D eigenvalue weighted by Crippen LogP contribution is 2.22. The van der Waals surface area contributed by atoms with Gasteiger partial charge in [0.05, 0.1) is 12.5 Å². The van der Waals surface area contributed by atoms with E-state index in [4.69, 9.17) is 10.5 Å². The maximum Gasteiger partial charge on any atom is 0.325 e. The average molecular weight is 683 g/mol. The number of esters is 1. The fraction of sp³-hybridized carbons (Fsp3) is 0.824. The van der Waals surface area contributed by atoms with E-state index in [2.05, 4.69) is 28.2 Å². The van der Waals surface area contributed by atoms with Gasteiger partial charge in [-0.2, -0.15) is 0 Å². The fourth-order valence-electron chi connectivity index (χ4n) is 5.70. The monoisotopic (exact) mass is 682 g/mol. The number of amides is 5. The number of hydrogen-bond acceptors (Lipinski definition) is 9. The van der Waals surface area contributed by atoms with Crippen LogP contribution in [0.5, 0.6) is 0 Å². The van der Waals surface area contributed by atoms with E-state index < -0.39 is 84.8 Å². The lowest BCUT2D eigenvalue weighted by Gasteiger charge is -2.34. The molecule has 6 atom stereocenters. The number of nitrogens with one attached hydrogen (secondary N) is 4. The zero-order valence-corrected chi connectivity index (χ0v) is 30.0. The minimum Gasteiger partial charge on any atom is -0.460 e. The van der Waals surface area contributed by atoms with E-state index in [1.165, 1.54) is 31.2 Å². The smallest absolute Gasteiger partial charge is 0.325 e. The van der Waals surface area contributed by atoms with Crippen LogP contribution in [0.15, 0.2) is 0 Å². The number of aliphatic hydroxyl groups excluding tert-OH is 1. The summed E-state index contributed by atoms with van der Waals surface area (Å²) in [6.45, 7) is 7.84. The van der Waals surface area contributed by atoms with Gasteiger partial charge in [-0.05, 0) is 31.6 Å². The number of nitrogens with zero attached hydrogens (tertiary/aromatic N) is 1. The molecule has 14 heteroatoms. The highest BCUT2D eigenvalue weighted by atomic mass is 16.5. The zero-order valence-electron chi connectivity index (χ0n) is 30.0. The fourth-order valence-corrected chi connectivity index (χ4v) is 5.70. The number of carbonyl (C=O) groups excluding carboxylic acids is 6. The largest absolute Gasteiger partial charge is 0.460 e. The van der Waals surface area contributed by atoms with Crippen molar-refractivity contribution in [2.24, 2.45) is 17.6 Å². The number of rotatable bonds is 15. The lowest BCUT2D eigenvalue weighted by Crippen LogP contribution is -2.60. The maximum atomic E-state index is 13.9. The lowest BCUT2D eigenvalue weighted by molar-refractivity contribution is -0.157. The molecule has 1 aliphatic rings. The number of unbranched alkanes of at least 4 members (excludes halogenated alkanes) is 7. The van der Waals surface area contributed by atoms with Gasteiger partial charge in [0.2, 0.25) is 29.5 Å². The Bertz CT molecular complexity index is 1040. The normalized spacial score (nSPS) is 25.7. The summed E-state index contributed by atoms with van der Waals surface area (Å²) < 4.78 is 5.78. The summed E-state index contributed by atoms with van der Waals surface area (Å²) in [7, 11) is 1.53. The molecule has 5 amide bonds. The van der Waals surface area contributed by atoms with Gasteiger partial charge in [0.15, 0.2) is 0 Å². The average Bonchev–Trinajstić information content (AvgIpc) is 3.05. The zero-order chi connectivity index (χ0) is 36.2. The van der Waals surface area contributed by atoms with E-state index in [1.54, 1.807) is 6.92 Å². The Labute approximate surface area is 286 Å². The van der Waals surface area contributed by atoms with Crippen LogP contribution in [0.2, 0.25) is 0 Å². The van der Waals surface area contributed by atoms with Crippen molar-refractivity contribution in [3.8, 4) is 0 Å². The summed E-state index contributed by atoms with van der Waals surface area (Å²) in [6.07, 6.45) is 9.14. The van der Waals surface area contributed by atoms with Crippen LogP contribution in [-0.2, 0) is 33.5 Å². The van der Waals surface area contributed by atoms with Gasteiger partial charge in [-0.3, -0.25) is 28.8 Å². The molecule has 1 fully saturated rings. The molecule has 1 heterocycles. The molecule has 48 heavy (non-hydrogen) atoms. The molecule has 0 unspecified atom stereocenters. The minimum atomic E-state index is -1.45. The van der Waals surface area contributed by atoms with E-state index in [0.717, 1.165) is 32.1 Å². The van der Waals surface area contributed by atoms with Crippen molar-refractivity contribution < 1.29 is 38.6 Å². The predicted octanol–water partition coefficient (Wildman–Crippen LogP) is 1.27. The van der Waals surface area contributed by atoms with E-state index in [1.807, 2.05) is 20.8 Å². The van der Waals surface area contributed by atoms with Crippen molar-refractivity contribution in [1.29, 1.82) is 0 Å². The van der Waals surface area contributed by atoms with Crippen LogP contribution in [0, 0.1) is 11.8 Å². The summed E-state index contributed by atoms with van der Waals surface area (Å²) in [6, 6.07) is -4.72. The van der Waals surface area contributed by atoms with Crippen LogP contribution >= 0.6 is 0 Å². The highest BCUT2D eigenvalue weighted by molar-refractivity contribution is 5.96. The van der Waals surface area contributed by atoms with Crippen molar-refractivity contribution in [1.82, 2.24) is 26.2 Å². The maximum absolute atomic E-state index is 13.9. The Morgan fingerprint density at radius 1 is 0.792 bits per heavy atom. The van der Waals surface area contributed by atoms with Gasteiger partial charge in [-0.15, -0.1) is 0 Å². The van der Waals surface area contributed by atoms with E-state index in [0.29, 0.717) is 19.3 Å². The van der Waals surface area contributed by atoms with Gasteiger partial charge >= 0.3 is 5.97 Å². The summed E-state index contributed by atoms with van der Waals surface area (Å²) in [5, 5.41) is 19.9. The Hall–Kier alpha value is -3.26. The Morgan fingerprint density at radius 3 is 1.92 bits per heavy atom. The van der Waals surface area contributed by atoms with Gasteiger partial charge in [-0.25, -0.2) is 0 Å². The molecule has 0 saturated carbocycles. The third-order valence-electron chi connectivity index (χ3n) is 8.69. The summed E-state index contributed by atoms with van der Waals surface area (Å²) >= 11 is 0. The minimum absolute atomic E-state index is 0.0129. The molecule has 0 aromatic heterocycles. The Morgan fingerprint density at radius 2 is 1.35 bits per heavy atom. The summed E-state index contributed by atoms with van der Waals surface area (Å²) in [5.41, 5.74) is 5.72. The number of likely N-dealkylation sites (N-methyl/N-ethyl adjacent to an activating group) is 1. The molecule has 1 rings (SSSR count). The number of carbonyl (C=O) groups is 6. The Balaban J connectivity index is 3.40. The van der Waals surface area contributed by atoms with E-state index in [-0.39, 0.29) is 18.9 Å². The SMILES string of the molecule is CCCCCCCCCC[C@H]1OC(=O)CNC(=O)[C@H](CN)NC(=O)[C@H](CO)NC(=O)[C@H](CCC)NC(=O)[C@H](CC(C)C)N(C)C(=O)[C@@H]1C. The molecular weight excluding hydrogens is 620 g/mol. The van der Waals surface area contributed by atoms with Crippen molar-refractivity contribution in [3.63, 3.8) is 0 Å². The highest BCUT2D eigenvalue weighted by Gasteiger charge is 2.37. The predicted molar refractivity (Wildman–Crippen MR) is 182 cm³/mol. The number of aliphatic hydroxyl groups is 1. The van der Waals surface area contributed by atoms with Crippen LogP contribution in [0.1, 0.15) is 112 Å². The summed E-state index contributed by atoms with van der Waals surface area (Å²) in [5.74, 6) is -4.85. The molecule has 0 radical (unpaired) electrons. The van der Waals surface area contributed by atoms with Crippen LogP contribution in [0.3, 0.4) is 0 Å². The molecule has 276 valence electrons. The first-order valence-electron chi connectivity index (χ1n) is 17.8. The number of nitrogens with two attached hydrogens (primary N) is 1. The molecule has 0 spiro atoms. The first-order chi connectivity index (χ1) is 22.8. The van der Waals surface area contributed by atoms with Crippen LogP contribution in [0.25, 0.3) is 0 Å². The topological polar surface area (TPSA) is 209 Å². The molecule has 1 aliphatic heterocycles. The lowest BCUT2D eigenvalue weighted by atomic mass is 9.94. The van der Waals surface area contributed by atoms with Crippen LogP contribution in [0.4, 0.5) is 0 Å². The number of cyclic esters (lactones) is 1. The molecule has 0 bridgehead atoms. The molecule has 7 N–H and O–H groups in total. The quantitative estimate of drug-likeness (QED) is 0.108. The molecule has 1 saturated heterocycles. The second kappa shape index (κ2) is 23.2. The molecule has 0 aliphatic carbocycles. The molecule has 0 aromatic rings. The van der Waals surface area contributed by atoms with Gasteiger partial charge < -0.3 is 41.7 Å². The van der Waals surface area contributed by atoms with Gasteiger partial charge in [0.1, 0.15) is 36.8 Å². The molecule has 0 aromatic carbocycles. The van der Waals surface area contributed by atoms with E-state index in [9.17, 15) is 33.9 Å². The molecule has 14 nitrogen and oxygen atoms in total. The Kier molecular flexibility index (Phi) is 20.6. The van der Waals surface area contributed by atoms with Gasteiger partial charge in [0, 0.05) is 13.6 Å². The van der Waals surface area contributed by atoms with Crippen molar-refractivity contribution in [3.05, 3.63) is 0 Å². The van der Waals surface area contributed by atoms with Crippen molar-refractivity contribution in [2.45, 2.75) is 142 Å². The first kappa shape index (κ1) is 42.8. The van der Waals surface area contributed by atoms with Gasteiger partial charge in [0.25, 0.3) is 0 Å². The first-order valence-corrected chi connectivity index (χ1v) is 17.8. The van der Waals surface area contributed by atoms with Crippen LogP contribution in [-0.4, -0.2) is 103 Å². The van der Waals surface area contributed by atoms with Crippen molar-refractivity contribution in [2.75, 3.05) is 26.7 Å². The van der Waals surface area contributed by atoms with Gasteiger partial charge in [-0.1, -0.05) is 86.0 Å². The van der Waals surface area contributed by atoms with E-state index >= 15 is 0 Å². The van der Waals surface area contributed by atoms with Crippen molar-refractivity contribution >= 4 is 35.5 Å². The number of ether oxygens (including phenoxy) is 1. The third-order valence-corrected chi connectivity index (χ3v) is 8.69. The second-order valence-corrected chi connectivity index (χ2v) is 13.3. The second-order valence-electron chi connectivity index (χ2n) is 13.3. The number of hydrogen-bond donors (Lipinski definition) is 6. The van der Waals surface area contributed by atoms with Crippen LogP contribution < -0.4 is 27.0 Å². The third kappa shape index (κ3) is 14.9. The summed E-state index contributed by atoms with van der Waals surface area (Å²) in [4.78, 5) is 81.0.